The number of nitrogens with two attached hydrogens (primary N) is 1. The molecule has 0 fully saturated rings. The van der Waals surface area contributed by atoms with Gasteiger partial charge in [-0.25, -0.2) is 4.98 Å². The third-order valence-corrected chi connectivity index (χ3v) is 4.06. The molecular weight excluding hydrogens is 280 g/mol. The SMILES string of the molecule is CC(Oc1nc2c(cc1C(N)=S)CCC2)c1ccccc1. The normalized spacial score (nSPS) is 14.5. The van der Waals surface area contributed by atoms with E-state index < -0.39 is 0 Å². The van der Waals surface area contributed by atoms with Crippen LogP contribution in [-0.2, 0) is 12.8 Å². The maximum Gasteiger partial charge on any atom is 0.224 e. The van der Waals surface area contributed by atoms with E-state index in [1.54, 1.807) is 0 Å². The van der Waals surface area contributed by atoms with Gasteiger partial charge < -0.3 is 10.5 Å². The van der Waals surface area contributed by atoms with E-state index in [0.29, 0.717) is 10.9 Å². The Morgan fingerprint density at radius 1 is 1.29 bits per heavy atom. The molecule has 1 atom stereocenters. The summed E-state index contributed by atoms with van der Waals surface area (Å²) in [5.74, 6) is 0.555. The summed E-state index contributed by atoms with van der Waals surface area (Å²) in [6, 6.07) is 12.1. The quantitative estimate of drug-likeness (QED) is 0.879. The van der Waals surface area contributed by atoms with Crippen LogP contribution in [0.3, 0.4) is 0 Å². The van der Waals surface area contributed by atoms with Crippen molar-refractivity contribution in [3.63, 3.8) is 0 Å². The van der Waals surface area contributed by atoms with Gasteiger partial charge in [-0.2, -0.15) is 0 Å². The maximum absolute atomic E-state index is 6.04. The Bertz CT molecular complexity index is 670. The van der Waals surface area contributed by atoms with Gasteiger partial charge in [0.2, 0.25) is 5.88 Å². The number of nitrogens with zero attached hydrogens (tertiary/aromatic N) is 1. The van der Waals surface area contributed by atoms with E-state index in [-0.39, 0.29) is 6.10 Å². The number of aryl methyl sites for hydroxylation is 2. The molecule has 0 aliphatic heterocycles. The van der Waals surface area contributed by atoms with Crippen LogP contribution in [0.4, 0.5) is 0 Å². The average molecular weight is 298 g/mol. The van der Waals surface area contributed by atoms with Gasteiger partial charge in [0.1, 0.15) is 11.1 Å². The topological polar surface area (TPSA) is 48.1 Å². The first kappa shape index (κ1) is 14.0. The van der Waals surface area contributed by atoms with Crippen LogP contribution in [0.1, 0.15) is 41.8 Å². The number of aromatic nitrogens is 1. The molecule has 108 valence electrons. The van der Waals surface area contributed by atoms with E-state index >= 15 is 0 Å². The highest BCUT2D eigenvalue weighted by molar-refractivity contribution is 7.80. The van der Waals surface area contributed by atoms with Gasteiger partial charge in [0.05, 0.1) is 5.56 Å². The summed E-state index contributed by atoms with van der Waals surface area (Å²) in [5.41, 5.74) is 10.0. The molecule has 2 aromatic rings. The molecule has 0 saturated carbocycles. The van der Waals surface area contributed by atoms with Crippen molar-refractivity contribution in [2.24, 2.45) is 5.73 Å². The molecule has 0 spiro atoms. The highest BCUT2D eigenvalue weighted by Crippen LogP contribution is 2.29. The van der Waals surface area contributed by atoms with Crippen LogP contribution in [0.5, 0.6) is 5.88 Å². The Morgan fingerprint density at radius 2 is 2.05 bits per heavy atom. The molecule has 1 aliphatic carbocycles. The molecule has 0 amide bonds. The van der Waals surface area contributed by atoms with Crippen LogP contribution in [0, 0.1) is 0 Å². The molecule has 1 unspecified atom stereocenters. The predicted octanol–water partition coefficient (Wildman–Crippen LogP) is 3.34. The molecule has 4 heteroatoms. The minimum absolute atomic E-state index is 0.0914. The number of pyridine rings is 1. The molecular formula is C17H18N2OS. The lowest BCUT2D eigenvalue weighted by molar-refractivity contribution is 0.216. The molecule has 1 heterocycles. The summed E-state index contributed by atoms with van der Waals surface area (Å²) >= 11 is 5.15. The third kappa shape index (κ3) is 2.90. The number of fused-ring (bicyclic) bond motifs is 1. The first-order valence-electron chi connectivity index (χ1n) is 7.19. The Morgan fingerprint density at radius 3 is 2.76 bits per heavy atom. The van der Waals surface area contributed by atoms with Crippen molar-refractivity contribution in [2.45, 2.75) is 32.3 Å². The van der Waals surface area contributed by atoms with Gasteiger partial charge in [0.15, 0.2) is 0 Å². The van der Waals surface area contributed by atoms with Gasteiger partial charge in [-0.1, -0.05) is 42.5 Å². The van der Waals surface area contributed by atoms with E-state index in [0.717, 1.165) is 36.1 Å². The van der Waals surface area contributed by atoms with E-state index in [9.17, 15) is 0 Å². The Labute approximate surface area is 130 Å². The van der Waals surface area contributed by atoms with Gasteiger partial charge in [-0.05, 0) is 43.4 Å². The number of hydrogen-bond acceptors (Lipinski definition) is 3. The van der Waals surface area contributed by atoms with Crippen LogP contribution in [0.2, 0.25) is 0 Å². The summed E-state index contributed by atoms with van der Waals surface area (Å²) in [4.78, 5) is 4.99. The highest BCUT2D eigenvalue weighted by Gasteiger charge is 2.20. The first-order chi connectivity index (χ1) is 10.1. The largest absolute Gasteiger partial charge is 0.469 e. The predicted molar refractivity (Wildman–Crippen MR) is 87.6 cm³/mol. The summed E-state index contributed by atoms with van der Waals surface area (Å²) in [6.45, 7) is 2.01. The van der Waals surface area contributed by atoms with Crippen molar-refractivity contribution in [1.82, 2.24) is 4.98 Å². The average Bonchev–Trinajstić information content (AvgIpc) is 2.94. The van der Waals surface area contributed by atoms with Crippen LogP contribution in [0.15, 0.2) is 36.4 Å². The van der Waals surface area contributed by atoms with E-state index in [4.69, 9.17) is 22.7 Å². The molecule has 1 aromatic carbocycles. The maximum atomic E-state index is 6.04. The second-order valence-corrected chi connectivity index (χ2v) is 5.78. The van der Waals surface area contributed by atoms with Crippen molar-refractivity contribution in [1.29, 1.82) is 0 Å². The number of benzene rings is 1. The lowest BCUT2D eigenvalue weighted by Crippen LogP contribution is -2.15. The fourth-order valence-electron chi connectivity index (χ4n) is 2.68. The van der Waals surface area contributed by atoms with Crippen LogP contribution < -0.4 is 10.5 Å². The van der Waals surface area contributed by atoms with Crippen molar-refractivity contribution in [3.8, 4) is 5.88 Å². The molecule has 1 aromatic heterocycles. The van der Waals surface area contributed by atoms with Crippen molar-refractivity contribution < 1.29 is 4.74 Å². The number of ether oxygens (including phenoxy) is 1. The summed E-state index contributed by atoms with van der Waals surface area (Å²) < 4.78 is 6.04. The zero-order valence-corrected chi connectivity index (χ0v) is 12.8. The first-order valence-corrected chi connectivity index (χ1v) is 7.60. The molecule has 0 radical (unpaired) electrons. The van der Waals surface area contributed by atoms with Gasteiger partial charge in [-0.15, -0.1) is 0 Å². The van der Waals surface area contributed by atoms with Crippen molar-refractivity contribution >= 4 is 17.2 Å². The molecule has 1 aliphatic rings. The minimum atomic E-state index is -0.0914. The lowest BCUT2D eigenvalue weighted by atomic mass is 10.1. The third-order valence-electron chi connectivity index (χ3n) is 3.84. The van der Waals surface area contributed by atoms with E-state index in [1.807, 2.05) is 43.3 Å². The molecule has 2 N–H and O–H groups in total. The van der Waals surface area contributed by atoms with Gasteiger partial charge in [0, 0.05) is 5.69 Å². The molecule has 21 heavy (non-hydrogen) atoms. The van der Waals surface area contributed by atoms with Crippen LogP contribution in [0.25, 0.3) is 0 Å². The summed E-state index contributed by atoms with van der Waals surface area (Å²) in [6.07, 6.45) is 3.10. The summed E-state index contributed by atoms with van der Waals surface area (Å²) in [7, 11) is 0. The monoisotopic (exact) mass is 298 g/mol. The standard InChI is InChI=1S/C17H18N2OS/c1-11(12-6-3-2-4-7-12)20-17-14(16(18)21)10-13-8-5-9-15(13)19-17/h2-4,6-7,10-11H,5,8-9H2,1H3,(H2,18,21). The van der Waals surface area contributed by atoms with E-state index in [1.165, 1.54) is 5.56 Å². The van der Waals surface area contributed by atoms with E-state index in [2.05, 4.69) is 4.98 Å². The van der Waals surface area contributed by atoms with Crippen LogP contribution in [-0.4, -0.2) is 9.97 Å². The lowest BCUT2D eigenvalue weighted by Gasteiger charge is -2.17. The zero-order valence-electron chi connectivity index (χ0n) is 12.0. The number of rotatable bonds is 4. The fraction of sp³-hybridized carbons (Fsp3) is 0.294. The Hall–Kier alpha value is -1.94. The molecule has 3 nitrogen and oxygen atoms in total. The minimum Gasteiger partial charge on any atom is -0.469 e. The smallest absolute Gasteiger partial charge is 0.224 e. The summed E-state index contributed by atoms with van der Waals surface area (Å²) in [5, 5.41) is 0. The molecule has 0 bridgehead atoms. The molecule has 0 saturated heterocycles. The molecule has 3 rings (SSSR count). The zero-order chi connectivity index (χ0) is 14.8. The van der Waals surface area contributed by atoms with Gasteiger partial charge in [-0.3, -0.25) is 0 Å². The van der Waals surface area contributed by atoms with Crippen molar-refractivity contribution in [2.75, 3.05) is 0 Å². The Kier molecular flexibility index (Phi) is 3.88. The fourth-order valence-corrected chi connectivity index (χ4v) is 2.83. The number of hydrogen-bond donors (Lipinski definition) is 1. The second-order valence-electron chi connectivity index (χ2n) is 5.34. The highest BCUT2D eigenvalue weighted by atomic mass is 32.1. The van der Waals surface area contributed by atoms with Gasteiger partial charge in [0.25, 0.3) is 0 Å². The van der Waals surface area contributed by atoms with Gasteiger partial charge >= 0.3 is 0 Å². The Balaban J connectivity index is 1.93. The second kappa shape index (κ2) is 5.82. The number of thiocarbonyl (C=S) groups is 1. The van der Waals surface area contributed by atoms with Crippen LogP contribution >= 0.6 is 12.2 Å². The van der Waals surface area contributed by atoms with Crippen molar-refractivity contribution in [3.05, 3.63) is 58.8 Å².